The molecule has 2 aliphatic heterocycles. The quantitative estimate of drug-likeness (QED) is 0.736. The molecular formula is C12H24N2O2. The van der Waals surface area contributed by atoms with E-state index in [9.17, 15) is 0 Å². The average molecular weight is 228 g/mol. The van der Waals surface area contributed by atoms with Crippen LogP contribution in [0.25, 0.3) is 0 Å². The van der Waals surface area contributed by atoms with E-state index < -0.39 is 0 Å². The fourth-order valence-corrected chi connectivity index (χ4v) is 2.51. The van der Waals surface area contributed by atoms with Gasteiger partial charge in [-0.25, -0.2) is 0 Å². The Hall–Kier alpha value is -0.160. The van der Waals surface area contributed by atoms with Crippen molar-refractivity contribution in [1.82, 2.24) is 5.32 Å². The standard InChI is InChI=1S/C12H24N2O2/c1-10-11(2-5-16-10)8-14-9-12(13)3-6-15-7-4-12/h10-11,14H,2-9,13H2,1H3. The Morgan fingerprint density at radius 3 is 2.69 bits per heavy atom. The maximum Gasteiger partial charge on any atom is 0.0588 e. The Bertz CT molecular complexity index is 217. The Balaban J connectivity index is 1.66. The van der Waals surface area contributed by atoms with E-state index in [-0.39, 0.29) is 5.54 Å². The van der Waals surface area contributed by atoms with Crippen LogP contribution in [0.4, 0.5) is 0 Å². The minimum atomic E-state index is -0.0546. The highest BCUT2D eigenvalue weighted by Gasteiger charge is 2.29. The van der Waals surface area contributed by atoms with Crippen LogP contribution in [0.3, 0.4) is 0 Å². The molecule has 0 aromatic heterocycles. The Morgan fingerprint density at radius 2 is 2.06 bits per heavy atom. The van der Waals surface area contributed by atoms with Crippen LogP contribution in [0, 0.1) is 5.92 Å². The summed E-state index contributed by atoms with van der Waals surface area (Å²) in [7, 11) is 0. The number of nitrogens with one attached hydrogen (secondary N) is 1. The molecule has 4 nitrogen and oxygen atoms in total. The lowest BCUT2D eigenvalue weighted by Gasteiger charge is -2.34. The molecule has 0 spiro atoms. The second-order valence-corrected chi connectivity index (χ2v) is 5.23. The second-order valence-electron chi connectivity index (χ2n) is 5.23. The average Bonchev–Trinajstić information content (AvgIpc) is 2.65. The molecule has 0 bridgehead atoms. The summed E-state index contributed by atoms with van der Waals surface area (Å²) in [5.41, 5.74) is 6.25. The van der Waals surface area contributed by atoms with Gasteiger partial charge in [0.25, 0.3) is 0 Å². The summed E-state index contributed by atoms with van der Waals surface area (Å²) < 4.78 is 10.9. The van der Waals surface area contributed by atoms with Gasteiger partial charge in [0.2, 0.25) is 0 Å². The van der Waals surface area contributed by atoms with Crippen LogP contribution in [0.5, 0.6) is 0 Å². The van der Waals surface area contributed by atoms with E-state index in [0.717, 1.165) is 45.8 Å². The molecule has 0 saturated carbocycles. The number of ether oxygens (including phenoxy) is 2. The summed E-state index contributed by atoms with van der Waals surface area (Å²) in [6.07, 6.45) is 3.51. The number of rotatable bonds is 4. The molecule has 0 aliphatic carbocycles. The summed E-state index contributed by atoms with van der Waals surface area (Å²) in [6, 6.07) is 0. The predicted octanol–water partition coefficient (Wildman–Crippen LogP) is 0.509. The monoisotopic (exact) mass is 228 g/mol. The summed E-state index contributed by atoms with van der Waals surface area (Å²) in [5, 5.41) is 3.51. The van der Waals surface area contributed by atoms with Crippen molar-refractivity contribution in [2.75, 3.05) is 32.9 Å². The SMILES string of the molecule is CC1OCCC1CNCC1(N)CCOCC1. The Labute approximate surface area is 97.9 Å². The van der Waals surface area contributed by atoms with Crippen LogP contribution < -0.4 is 11.1 Å². The number of nitrogens with two attached hydrogens (primary N) is 1. The molecule has 0 radical (unpaired) electrons. The van der Waals surface area contributed by atoms with Crippen LogP contribution in [0.1, 0.15) is 26.2 Å². The maximum absolute atomic E-state index is 6.30. The van der Waals surface area contributed by atoms with Gasteiger partial charge in [-0.2, -0.15) is 0 Å². The van der Waals surface area contributed by atoms with E-state index in [2.05, 4.69) is 12.2 Å². The highest BCUT2D eigenvalue weighted by Crippen LogP contribution is 2.20. The minimum absolute atomic E-state index is 0.0546. The van der Waals surface area contributed by atoms with Crippen molar-refractivity contribution in [1.29, 1.82) is 0 Å². The van der Waals surface area contributed by atoms with Crippen LogP contribution in [-0.4, -0.2) is 44.6 Å². The maximum atomic E-state index is 6.30. The molecular weight excluding hydrogens is 204 g/mol. The molecule has 94 valence electrons. The molecule has 4 heteroatoms. The van der Waals surface area contributed by atoms with Crippen molar-refractivity contribution in [3.8, 4) is 0 Å². The number of hydrogen-bond donors (Lipinski definition) is 2. The molecule has 0 amide bonds. The Kier molecular flexibility index (Phi) is 4.19. The highest BCUT2D eigenvalue weighted by atomic mass is 16.5. The molecule has 2 unspecified atom stereocenters. The molecule has 0 aromatic carbocycles. The van der Waals surface area contributed by atoms with Gasteiger partial charge in [0, 0.05) is 38.4 Å². The molecule has 3 N–H and O–H groups in total. The van der Waals surface area contributed by atoms with Crippen molar-refractivity contribution in [2.24, 2.45) is 11.7 Å². The summed E-state index contributed by atoms with van der Waals surface area (Å²) >= 11 is 0. The molecule has 2 aliphatic rings. The van der Waals surface area contributed by atoms with E-state index in [1.807, 2.05) is 0 Å². The van der Waals surface area contributed by atoms with Gasteiger partial charge in [-0.1, -0.05) is 0 Å². The topological polar surface area (TPSA) is 56.5 Å². The smallest absolute Gasteiger partial charge is 0.0588 e. The van der Waals surface area contributed by atoms with Gasteiger partial charge in [0.05, 0.1) is 6.10 Å². The fourth-order valence-electron chi connectivity index (χ4n) is 2.51. The van der Waals surface area contributed by atoms with Crippen LogP contribution >= 0.6 is 0 Å². The highest BCUT2D eigenvalue weighted by molar-refractivity contribution is 4.89. The predicted molar refractivity (Wildman–Crippen MR) is 63.4 cm³/mol. The molecule has 2 rings (SSSR count). The molecule has 2 fully saturated rings. The van der Waals surface area contributed by atoms with Crippen LogP contribution in [-0.2, 0) is 9.47 Å². The third-order valence-electron chi connectivity index (χ3n) is 3.91. The fraction of sp³-hybridized carbons (Fsp3) is 1.00. The van der Waals surface area contributed by atoms with Gasteiger partial charge in [0.1, 0.15) is 0 Å². The van der Waals surface area contributed by atoms with Crippen molar-refractivity contribution >= 4 is 0 Å². The first-order valence-corrected chi connectivity index (χ1v) is 6.39. The summed E-state index contributed by atoms with van der Waals surface area (Å²) in [6.45, 7) is 6.62. The Morgan fingerprint density at radius 1 is 1.31 bits per heavy atom. The van der Waals surface area contributed by atoms with Gasteiger partial charge < -0.3 is 20.5 Å². The number of hydrogen-bond acceptors (Lipinski definition) is 4. The lowest BCUT2D eigenvalue weighted by Crippen LogP contribution is -2.53. The molecule has 2 atom stereocenters. The third kappa shape index (κ3) is 3.17. The normalized spacial score (nSPS) is 34.1. The zero-order valence-corrected chi connectivity index (χ0v) is 10.2. The molecule has 16 heavy (non-hydrogen) atoms. The second kappa shape index (κ2) is 5.45. The van der Waals surface area contributed by atoms with E-state index in [1.54, 1.807) is 0 Å². The van der Waals surface area contributed by atoms with Crippen molar-refractivity contribution in [2.45, 2.75) is 37.8 Å². The summed E-state index contributed by atoms with van der Waals surface area (Å²) in [4.78, 5) is 0. The first kappa shape index (κ1) is 12.3. The first-order valence-electron chi connectivity index (χ1n) is 6.39. The van der Waals surface area contributed by atoms with Gasteiger partial charge >= 0.3 is 0 Å². The van der Waals surface area contributed by atoms with Crippen LogP contribution in [0.2, 0.25) is 0 Å². The lowest BCUT2D eigenvalue weighted by atomic mass is 9.91. The van der Waals surface area contributed by atoms with E-state index in [4.69, 9.17) is 15.2 Å². The van der Waals surface area contributed by atoms with Crippen LogP contribution in [0.15, 0.2) is 0 Å². The molecule has 0 aromatic rings. The minimum Gasteiger partial charge on any atom is -0.381 e. The molecule has 2 saturated heterocycles. The zero-order chi connectivity index (χ0) is 11.4. The molecule has 2 heterocycles. The van der Waals surface area contributed by atoms with E-state index >= 15 is 0 Å². The largest absolute Gasteiger partial charge is 0.381 e. The lowest BCUT2D eigenvalue weighted by molar-refractivity contribution is 0.0521. The summed E-state index contributed by atoms with van der Waals surface area (Å²) in [5.74, 6) is 0.656. The van der Waals surface area contributed by atoms with Gasteiger partial charge in [-0.05, 0) is 32.1 Å². The van der Waals surface area contributed by atoms with Gasteiger partial charge in [-0.3, -0.25) is 0 Å². The van der Waals surface area contributed by atoms with Crippen molar-refractivity contribution in [3.63, 3.8) is 0 Å². The van der Waals surface area contributed by atoms with E-state index in [1.165, 1.54) is 6.42 Å². The first-order chi connectivity index (χ1) is 7.70. The van der Waals surface area contributed by atoms with Crippen molar-refractivity contribution in [3.05, 3.63) is 0 Å². The van der Waals surface area contributed by atoms with E-state index in [0.29, 0.717) is 12.0 Å². The zero-order valence-electron chi connectivity index (χ0n) is 10.2. The van der Waals surface area contributed by atoms with Gasteiger partial charge in [0.15, 0.2) is 0 Å². The third-order valence-corrected chi connectivity index (χ3v) is 3.91. The van der Waals surface area contributed by atoms with Gasteiger partial charge in [-0.15, -0.1) is 0 Å². The van der Waals surface area contributed by atoms with Crippen molar-refractivity contribution < 1.29 is 9.47 Å².